The smallest absolute Gasteiger partial charge is 0.0602 e. The molecule has 0 spiro atoms. The second kappa shape index (κ2) is 19.8. The van der Waals surface area contributed by atoms with Gasteiger partial charge in [0.25, 0.3) is 0 Å². The molecule has 1 aromatic rings. The largest absolute Gasteiger partial charge is 0.396 e. The van der Waals surface area contributed by atoms with Gasteiger partial charge in [0.15, 0.2) is 0 Å². The van der Waals surface area contributed by atoms with Crippen LogP contribution in [0.2, 0.25) is 0 Å². The minimum Gasteiger partial charge on any atom is -0.396 e. The highest BCUT2D eigenvalue weighted by molar-refractivity contribution is 5.83. The Morgan fingerprint density at radius 3 is 2.35 bits per heavy atom. The fraction of sp³-hybridized carbons (Fsp3) is 0.519. The highest BCUT2D eigenvalue weighted by atomic mass is 16.2. The average molecular weight is 428 g/mol. The molecule has 0 saturated heterocycles. The highest BCUT2D eigenvalue weighted by Gasteiger charge is 2.10. The van der Waals surface area contributed by atoms with Crippen molar-refractivity contribution in [3.63, 3.8) is 0 Å². The molecule has 0 amide bonds. The van der Waals surface area contributed by atoms with Crippen LogP contribution < -0.4 is 5.32 Å². The fourth-order valence-electron chi connectivity index (χ4n) is 3.04. The molecule has 31 heavy (non-hydrogen) atoms. The van der Waals surface area contributed by atoms with Crippen LogP contribution in [0.4, 0.5) is 0 Å². The molecule has 1 rings (SSSR count). The molecule has 0 saturated carbocycles. The molecule has 0 aliphatic carbocycles. The first-order valence-corrected chi connectivity index (χ1v) is 11.8. The van der Waals surface area contributed by atoms with Crippen LogP contribution in [-0.2, 0) is 6.54 Å². The Morgan fingerprint density at radius 2 is 1.74 bits per heavy atom. The molecule has 4 nitrogen and oxygen atoms in total. The molecule has 0 atom stereocenters. The summed E-state index contributed by atoms with van der Waals surface area (Å²) < 4.78 is 0. The monoisotopic (exact) mass is 427 g/mol. The Kier molecular flexibility index (Phi) is 18.4. The summed E-state index contributed by atoms with van der Waals surface area (Å²) >= 11 is 0. The van der Waals surface area contributed by atoms with Crippen LogP contribution in [0.15, 0.2) is 72.1 Å². The van der Waals surface area contributed by atoms with E-state index in [1.54, 1.807) is 0 Å². The summed E-state index contributed by atoms with van der Waals surface area (Å²) in [6, 6.07) is 10.4. The van der Waals surface area contributed by atoms with Gasteiger partial charge in [-0.15, -0.1) is 0 Å². The average Bonchev–Trinajstić information content (AvgIpc) is 2.80. The SMILES string of the molecule is C=C/C(=C\CC)N(/N=C(\C)CNCc1ccccc1)C(=C)CCCCCCCO.CC. The molecule has 1 aromatic carbocycles. The van der Waals surface area contributed by atoms with E-state index >= 15 is 0 Å². The van der Waals surface area contributed by atoms with E-state index in [9.17, 15) is 0 Å². The van der Waals surface area contributed by atoms with Crippen LogP contribution in [-0.4, -0.2) is 29.0 Å². The van der Waals surface area contributed by atoms with Gasteiger partial charge in [0.1, 0.15) is 0 Å². The van der Waals surface area contributed by atoms with E-state index in [1.165, 1.54) is 5.56 Å². The van der Waals surface area contributed by atoms with E-state index in [4.69, 9.17) is 10.2 Å². The molecule has 0 radical (unpaired) electrons. The van der Waals surface area contributed by atoms with Crippen LogP contribution in [0.5, 0.6) is 0 Å². The first-order chi connectivity index (χ1) is 15.1. The van der Waals surface area contributed by atoms with Crippen molar-refractivity contribution < 1.29 is 5.11 Å². The van der Waals surface area contributed by atoms with E-state index < -0.39 is 0 Å². The molecule has 0 aliphatic rings. The van der Waals surface area contributed by atoms with E-state index in [1.807, 2.05) is 37.9 Å². The Labute approximate surface area is 191 Å². The molecule has 0 unspecified atom stereocenters. The van der Waals surface area contributed by atoms with Crippen molar-refractivity contribution in [1.82, 2.24) is 10.3 Å². The maximum absolute atomic E-state index is 8.88. The van der Waals surface area contributed by atoms with Crippen molar-refractivity contribution in [2.24, 2.45) is 5.10 Å². The maximum atomic E-state index is 8.88. The number of aliphatic hydroxyl groups excluding tert-OH is 1. The van der Waals surface area contributed by atoms with Gasteiger partial charge in [0, 0.05) is 31.1 Å². The third-order valence-corrected chi connectivity index (χ3v) is 4.61. The summed E-state index contributed by atoms with van der Waals surface area (Å²) in [5, 5.41) is 19.1. The number of hydrogen-bond acceptors (Lipinski definition) is 4. The number of aliphatic hydroxyl groups is 1. The standard InChI is InChI=1S/C25H39N3O.C2H6/c1-5-15-25(6-2)28(23(4)16-11-8-7-9-14-19-29)27-22(3)20-26-21-24-17-12-10-13-18-24;1-2/h6,10,12-13,15,17-18,26,29H,2,4-5,7-9,11,14,16,19-21H2,1,3H3;1-2H3/b25-15+,27-22+;. The van der Waals surface area contributed by atoms with Crippen molar-refractivity contribution in [3.8, 4) is 0 Å². The minimum absolute atomic E-state index is 0.289. The first kappa shape index (κ1) is 28.8. The van der Waals surface area contributed by atoms with Gasteiger partial charge in [-0.25, -0.2) is 5.01 Å². The Balaban J connectivity index is 0.00000436. The number of rotatable bonds is 16. The third kappa shape index (κ3) is 13.7. The lowest BCUT2D eigenvalue weighted by molar-refractivity contribution is 0.282. The number of hydrogen-bond donors (Lipinski definition) is 2. The van der Waals surface area contributed by atoms with Crippen LogP contribution in [0, 0.1) is 0 Å². The van der Waals surface area contributed by atoms with Crippen LogP contribution in [0.3, 0.4) is 0 Å². The Morgan fingerprint density at radius 1 is 1.10 bits per heavy atom. The number of nitrogens with zero attached hydrogens (tertiary/aromatic N) is 2. The fourth-order valence-corrected chi connectivity index (χ4v) is 3.04. The number of hydrazone groups is 1. The molecular formula is C27H45N3O. The van der Waals surface area contributed by atoms with Gasteiger partial charge >= 0.3 is 0 Å². The zero-order valence-corrected chi connectivity index (χ0v) is 20.4. The second-order valence-corrected chi connectivity index (χ2v) is 7.29. The maximum Gasteiger partial charge on any atom is 0.0602 e. The van der Waals surface area contributed by atoms with Crippen LogP contribution >= 0.6 is 0 Å². The topological polar surface area (TPSA) is 47.9 Å². The third-order valence-electron chi connectivity index (χ3n) is 4.61. The van der Waals surface area contributed by atoms with Gasteiger partial charge in [-0.05, 0) is 44.2 Å². The van der Waals surface area contributed by atoms with Crippen LogP contribution in [0.1, 0.15) is 78.2 Å². The number of allylic oxidation sites excluding steroid dienone is 3. The summed E-state index contributed by atoms with van der Waals surface area (Å²) in [7, 11) is 0. The van der Waals surface area contributed by atoms with E-state index in [0.717, 1.165) is 75.1 Å². The lowest BCUT2D eigenvalue weighted by Crippen LogP contribution is -2.24. The summed E-state index contributed by atoms with van der Waals surface area (Å²) in [5.41, 5.74) is 4.25. The molecule has 4 heteroatoms. The normalized spacial score (nSPS) is 11.5. The van der Waals surface area contributed by atoms with Crippen molar-refractivity contribution in [1.29, 1.82) is 0 Å². The molecule has 2 N–H and O–H groups in total. The lowest BCUT2D eigenvalue weighted by atomic mass is 10.1. The van der Waals surface area contributed by atoms with E-state index in [0.29, 0.717) is 0 Å². The molecule has 174 valence electrons. The van der Waals surface area contributed by atoms with Crippen LogP contribution in [0.25, 0.3) is 0 Å². The molecular weight excluding hydrogens is 382 g/mol. The lowest BCUT2D eigenvalue weighted by Gasteiger charge is -2.24. The van der Waals surface area contributed by atoms with Crippen molar-refractivity contribution >= 4 is 5.71 Å². The number of nitrogens with one attached hydrogen (secondary N) is 1. The van der Waals surface area contributed by atoms with Gasteiger partial charge in [-0.3, -0.25) is 0 Å². The number of unbranched alkanes of at least 4 members (excludes halogenated alkanes) is 4. The van der Waals surface area contributed by atoms with E-state index in [2.05, 4.69) is 55.7 Å². The van der Waals surface area contributed by atoms with Gasteiger partial charge in [0.05, 0.1) is 5.70 Å². The molecule has 0 heterocycles. The van der Waals surface area contributed by atoms with Gasteiger partial charge in [-0.1, -0.05) is 89.6 Å². The summed E-state index contributed by atoms with van der Waals surface area (Å²) in [6.45, 7) is 18.2. The minimum atomic E-state index is 0.289. The van der Waals surface area contributed by atoms with Gasteiger partial charge in [0.2, 0.25) is 0 Å². The van der Waals surface area contributed by atoms with Crippen molar-refractivity contribution in [3.05, 3.63) is 72.6 Å². The van der Waals surface area contributed by atoms with Gasteiger partial charge in [-0.2, -0.15) is 5.10 Å². The summed E-state index contributed by atoms with van der Waals surface area (Å²) in [6.07, 6.45) is 11.2. The molecule has 0 aliphatic heterocycles. The predicted octanol–water partition coefficient (Wildman–Crippen LogP) is 6.81. The van der Waals surface area contributed by atoms with Crippen molar-refractivity contribution in [2.45, 2.75) is 79.2 Å². The molecule has 0 bridgehead atoms. The quantitative estimate of drug-likeness (QED) is 0.132. The second-order valence-electron chi connectivity index (χ2n) is 7.29. The summed E-state index contributed by atoms with van der Waals surface area (Å²) in [5.74, 6) is 0. The van der Waals surface area contributed by atoms with Crippen molar-refractivity contribution in [2.75, 3.05) is 13.2 Å². The molecule has 0 fully saturated rings. The summed E-state index contributed by atoms with van der Waals surface area (Å²) in [4.78, 5) is 0. The Bertz CT molecular complexity index is 650. The zero-order valence-electron chi connectivity index (χ0n) is 20.4. The predicted molar refractivity (Wildman–Crippen MR) is 137 cm³/mol. The Hall–Kier alpha value is -2.17. The van der Waals surface area contributed by atoms with Gasteiger partial charge < -0.3 is 10.4 Å². The zero-order chi connectivity index (χ0) is 23.3. The first-order valence-electron chi connectivity index (χ1n) is 11.8. The highest BCUT2D eigenvalue weighted by Crippen LogP contribution is 2.20. The molecule has 0 aromatic heterocycles. The number of benzene rings is 1. The van der Waals surface area contributed by atoms with E-state index in [-0.39, 0.29) is 6.61 Å².